The number of amides is 3. The maximum absolute atomic E-state index is 12.1. The third kappa shape index (κ3) is 4.87. The number of hydrogen-bond acceptors (Lipinski definition) is 6. The number of aromatic nitrogens is 1. The zero-order chi connectivity index (χ0) is 18.4. The fourth-order valence-electron chi connectivity index (χ4n) is 1.93. The lowest BCUT2D eigenvalue weighted by Gasteiger charge is -2.11. The first kappa shape index (κ1) is 18.6. The smallest absolute Gasteiger partial charge is 0.358 e. The van der Waals surface area contributed by atoms with E-state index >= 15 is 0 Å². The van der Waals surface area contributed by atoms with Crippen LogP contribution in [0.1, 0.15) is 29.9 Å². The van der Waals surface area contributed by atoms with Crippen molar-refractivity contribution in [3.63, 3.8) is 0 Å². The summed E-state index contributed by atoms with van der Waals surface area (Å²) >= 11 is 1.32. The van der Waals surface area contributed by atoms with Crippen molar-refractivity contribution in [2.24, 2.45) is 0 Å². The second-order valence-corrected chi connectivity index (χ2v) is 6.06. The monoisotopic (exact) mass is 361 g/mol. The van der Waals surface area contributed by atoms with Crippen LogP contribution in [0.4, 0.5) is 4.79 Å². The normalized spacial score (nSPS) is 11.5. The van der Waals surface area contributed by atoms with E-state index in [1.807, 2.05) is 29.6 Å². The minimum Gasteiger partial charge on any atom is -0.448 e. The van der Waals surface area contributed by atoms with Gasteiger partial charge in [-0.3, -0.25) is 10.1 Å². The van der Waals surface area contributed by atoms with Gasteiger partial charge in [-0.1, -0.05) is 31.2 Å². The molecule has 1 aromatic carbocycles. The van der Waals surface area contributed by atoms with E-state index in [4.69, 9.17) is 4.74 Å². The van der Waals surface area contributed by atoms with E-state index in [2.05, 4.69) is 17.2 Å². The van der Waals surface area contributed by atoms with Crippen LogP contribution in [0.25, 0.3) is 10.6 Å². The SMILES string of the molecule is CCc1ccc(-c2nc(C(=O)O[C@@H](C)C(=O)NC(=O)NC)cs2)cc1. The fourth-order valence-corrected chi connectivity index (χ4v) is 2.73. The molecule has 132 valence electrons. The number of nitrogens with one attached hydrogen (secondary N) is 2. The molecule has 8 heteroatoms. The van der Waals surface area contributed by atoms with Crippen LogP contribution in [-0.4, -0.2) is 36.0 Å². The lowest BCUT2D eigenvalue weighted by Crippen LogP contribution is -2.43. The third-order valence-corrected chi connectivity index (χ3v) is 4.33. The number of aryl methyl sites for hydroxylation is 1. The average Bonchev–Trinajstić information content (AvgIpc) is 3.11. The lowest BCUT2D eigenvalue weighted by molar-refractivity contribution is -0.127. The number of imide groups is 1. The Balaban J connectivity index is 2.02. The van der Waals surface area contributed by atoms with Gasteiger partial charge >= 0.3 is 12.0 Å². The van der Waals surface area contributed by atoms with Crippen molar-refractivity contribution < 1.29 is 19.1 Å². The van der Waals surface area contributed by atoms with Crippen LogP contribution in [0.3, 0.4) is 0 Å². The molecule has 25 heavy (non-hydrogen) atoms. The molecule has 2 rings (SSSR count). The van der Waals surface area contributed by atoms with Crippen LogP contribution in [-0.2, 0) is 16.0 Å². The van der Waals surface area contributed by atoms with E-state index in [0.29, 0.717) is 5.01 Å². The summed E-state index contributed by atoms with van der Waals surface area (Å²) in [5, 5.41) is 6.56. The molecule has 0 unspecified atom stereocenters. The maximum atomic E-state index is 12.1. The Labute approximate surface area is 149 Å². The van der Waals surface area contributed by atoms with E-state index in [1.165, 1.54) is 30.9 Å². The second kappa shape index (κ2) is 8.39. The highest BCUT2D eigenvalue weighted by molar-refractivity contribution is 7.13. The van der Waals surface area contributed by atoms with Crippen molar-refractivity contribution in [3.8, 4) is 10.6 Å². The number of urea groups is 1. The van der Waals surface area contributed by atoms with Gasteiger partial charge in [-0.05, 0) is 18.9 Å². The fraction of sp³-hybridized carbons (Fsp3) is 0.294. The summed E-state index contributed by atoms with van der Waals surface area (Å²) < 4.78 is 5.04. The molecule has 0 fully saturated rings. The molecule has 1 heterocycles. The summed E-state index contributed by atoms with van der Waals surface area (Å²) in [4.78, 5) is 39.2. The van der Waals surface area contributed by atoms with E-state index in [9.17, 15) is 14.4 Å². The molecule has 2 aromatic rings. The summed E-state index contributed by atoms with van der Waals surface area (Å²) in [5.41, 5.74) is 2.25. The summed E-state index contributed by atoms with van der Waals surface area (Å²) in [6.07, 6.45) is -0.162. The number of benzene rings is 1. The molecular weight excluding hydrogens is 342 g/mol. The van der Waals surface area contributed by atoms with Crippen molar-refractivity contribution in [3.05, 3.63) is 40.9 Å². The number of hydrogen-bond donors (Lipinski definition) is 2. The number of rotatable bonds is 5. The van der Waals surface area contributed by atoms with Crippen LogP contribution in [0.5, 0.6) is 0 Å². The quantitative estimate of drug-likeness (QED) is 0.797. The number of thiazole rings is 1. The average molecular weight is 361 g/mol. The molecule has 0 aliphatic rings. The van der Waals surface area contributed by atoms with Crippen molar-refractivity contribution in [1.82, 2.24) is 15.6 Å². The molecule has 1 aromatic heterocycles. The Kier molecular flexibility index (Phi) is 6.24. The van der Waals surface area contributed by atoms with Crippen molar-refractivity contribution in [2.45, 2.75) is 26.4 Å². The topological polar surface area (TPSA) is 97.4 Å². The van der Waals surface area contributed by atoms with Crippen LogP contribution in [0.15, 0.2) is 29.6 Å². The zero-order valence-corrected chi connectivity index (χ0v) is 15.0. The van der Waals surface area contributed by atoms with Crippen molar-refractivity contribution in [2.75, 3.05) is 7.05 Å². The molecule has 1 atom stereocenters. The van der Waals surface area contributed by atoms with Crippen molar-refractivity contribution in [1.29, 1.82) is 0 Å². The number of carbonyl (C=O) groups excluding carboxylic acids is 3. The van der Waals surface area contributed by atoms with Gasteiger partial charge in [0.15, 0.2) is 11.8 Å². The van der Waals surface area contributed by atoms with Gasteiger partial charge in [-0.15, -0.1) is 11.3 Å². The first-order valence-corrected chi connectivity index (χ1v) is 8.61. The van der Waals surface area contributed by atoms with Crippen LogP contribution in [0, 0.1) is 0 Å². The molecule has 0 bridgehead atoms. The third-order valence-electron chi connectivity index (χ3n) is 3.44. The molecule has 2 N–H and O–H groups in total. The Bertz CT molecular complexity index is 770. The summed E-state index contributed by atoms with van der Waals surface area (Å²) in [6.45, 7) is 3.46. The number of carbonyl (C=O) groups is 3. The largest absolute Gasteiger partial charge is 0.448 e. The van der Waals surface area contributed by atoms with Gasteiger partial charge in [0.1, 0.15) is 5.01 Å². The van der Waals surface area contributed by atoms with Crippen LogP contribution < -0.4 is 10.6 Å². The van der Waals surface area contributed by atoms with Crippen LogP contribution >= 0.6 is 11.3 Å². The predicted molar refractivity (Wildman–Crippen MR) is 94.4 cm³/mol. The Morgan fingerprint density at radius 3 is 2.52 bits per heavy atom. The molecule has 0 spiro atoms. The Morgan fingerprint density at radius 1 is 1.24 bits per heavy atom. The highest BCUT2D eigenvalue weighted by Gasteiger charge is 2.22. The van der Waals surface area contributed by atoms with E-state index in [0.717, 1.165) is 12.0 Å². The van der Waals surface area contributed by atoms with Gasteiger partial charge in [0.25, 0.3) is 5.91 Å². The molecule has 0 radical (unpaired) electrons. The molecule has 0 saturated carbocycles. The van der Waals surface area contributed by atoms with E-state index in [-0.39, 0.29) is 5.69 Å². The number of esters is 1. The van der Waals surface area contributed by atoms with Crippen molar-refractivity contribution >= 4 is 29.2 Å². The van der Waals surface area contributed by atoms with Gasteiger partial charge in [0.2, 0.25) is 0 Å². The van der Waals surface area contributed by atoms with Gasteiger partial charge in [0.05, 0.1) is 0 Å². The standard InChI is InChI=1S/C17H19N3O4S/c1-4-11-5-7-12(8-6-11)15-19-13(9-25-15)16(22)24-10(2)14(21)20-17(23)18-3/h5-10H,4H2,1-3H3,(H2,18,20,21,23)/t10-/m0/s1. The highest BCUT2D eigenvalue weighted by atomic mass is 32.1. The molecule has 0 aliphatic carbocycles. The van der Waals surface area contributed by atoms with Gasteiger partial charge in [0, 0.05) is 18.0 Å². The summed E-state index contributed by atoms with van der Waals surface area (Å²) in [7, 11) is 1.38. The minimum absolute atomic E-state index is 0.124. The van der Waals surface area contributed by atoms with E-state index < -0.39 is 24.0 Å². The summed E-state index contributed by atoms with van der Waals surface area (Å²) in [6, 6.07) is 7.26. The number of nitrogens with zero attached hydrogens (tertiary/aromatic N) is 1. The van der Waals surface area contributed by atoms with Gasteiger partial charge < -0.3 is 10.1 Å². The molecular formula is C17H19N3O4S. The van der Waals surface area contributed by atoms with Gasteiger partial charge in [-0.2, -0.15) is 0 Å². The Hall–Kier alpha value is -2.74. The Morgan fingerprint density at radius 2 is 1.92 bits per heavy atom. The molecule has 7 nitrogen and oxygen atoms in total. The lowest BCUT2D eigenvalue weighted by atomic mass is 10.1. The second-order valence-electron chi connectivity index (χ2n) is 5.20. The van der Waals surface area contributed by atoms with E-state index in [1.54, 1.807) is 5.38 Å². The molecule has 0 aliphatic heterocycles. The van der Waals surface area contributed by atoms with Gasteiger partial charge in [-0.25, -0.2) is 14.6 Å². The first-order valence-electron chi connectivity index (χ1n) is 7.73. The minimum atomic E-state index is -1.11. The first-order chi connectivity index (χ1) is 11.9. The zero-order valence-electron chi connectivity index (χ0n) is 14.2. The molecule has 3 amide bonds. The summed E-state index contributed by atoms with van der Waals surface area (Å²) in [5.74, 6) is -1.43. The maximum Gasteiger partial charge on any atom is 0.358 e. The molecule has 0 saturated heterocycles. The number of ether oxygens (including phenoxy) is 1. The van der Waals surface area contributed by atoms with Crippen LogP contribution in [0.2, 0.25) is 0 Å². The predicted octanol–water partition coefficient (Wildman–Crippen LogP) is 2.37. The highest BCUT2D eigenvalue weighted by Crippen LogP contribution is 2.24.